The number of nitrogens with one attached hydrogen (secondary N) is 2. The highest BCUT2D eigenvalue weighted by molar-refractivity contribution is 5.90. The van der Waals surface area contributed by atoms with E-state index in [0.717, 1.165) is 0 Å². The van der Waals surface area contributed by atoms with Gasteiger partial charge in [-0.25, -0.2) is 9.18 Å². The normalized spacial score (nSPS) is 10.9. The second kappa shape index (κ2) is 9.73. The smallest absolute Gasteiger partial charge is 0.407 e. The third-order valence-corrected chi connectivity index (χ3v) is 3.42. The van der Waals surface area contributed by atoms with Gasteiger partial charge in [0.25, 0.3) is 0 Å². The lowest BCUT2D eigenvalue weighted by molar-refractivity contribution is -0.116. The molecule has 2 aromatic rings. The van der Waals surface area contributed by atoms with Crippen molar-refractivity contribution in [2.75, 3.05) is 11.9 Å². The molecular weight excluding hydrogens is 363 g/mol. The second-order valence-corrected chi connectivity index (χ2v) is 7.16. The fourth-order valence-electron chi connectivity index (χ4n) is 2.25. The summed E-state index contributed by atoms with van der Waals surface area (Å²) in [7, 11) is 0. The van der Waals surface area contributed by atoms with Crippen molar-refractivity contribution < 1.29 is 23.5 Å². The molecule has 0 aromatic heterocycles. The molecule has 0 spiro atoms. The van der Waals surface area contributed by atoms with Gasteiger partial charge in [0.15, 0.2) is 0 Å². The number of anilines is 1. The monoisotopic (exact) mass is 388 g/mol. The summed E-state index contributed by atoms with van der Waals surface area (Å²) in [6.45, 7) is 5.71. The number of hydrogen-bond acceptors (Lipinski definition) is 4. The first-order chi connectivity index (χ1) is 13.2. The average Bonchev–Trinajstić information content (AvgIpc) is 2.59. The standard InChI is InChI=1S/C21H25FN2O4/c1-21(2,3)28-20(26)23-13-5-8-19(25)24-16-9-11-17(12-10-16)27-18-7-4-6-15(22)14-18/h4,6-7,9-12,14H,5,8,13H2,1-3H3,(H,23,26)(H,24,25). The Morgan fingerprint density at radius 1 is 1.04 bits per heavy atom. The van der Waals surface area contributed by atoms with Crippen LogP contribution >= 0.6 is 0 Å². The van der Waals surface area contributed by atoms with Crippen LogP contribution in [0.3, 0.4) is 0 Å². The summed E-state index contributed by atoms with van der Waals surface area (Å²) >= 11 is 0. The van der Waals surface area contributed by atoms with Crippen molar-refractivity contribution in [2.24, 2.45) is 0 Å². The Hall–Kier alpha value is -3.09. The zero-order valence-corrected chi connectivity index (χ0v) is 16.3. The molecule has 0 aliphatic heterocycles. The van der Waals surface area contributed by atoms with E-state index in [2.05, 4.69) is 10.6 Å². The van der Waals surface area contributed by atoms with E-state index in [4.69, 9.17) is 9.47 Å². The molecule has 0 saturated carbocycles. The number of rotatable bonds is 7. The highest BCUT2D eigenvalue weighted by atomic mass is 19.1. The number of ether oxygens (including phenoxy) is 2. The van der Waals surface area contributed by atoms with Crippen molar-refractivity contribution in [3.63, 3.8) is 0 Å². The maximum absolute atomic E-state index is 13.2. The maximum Gasteiger partial charge on any atom is 0.407 e. The van der Waals surface area contributed by atoms with Crippen molar-refractivity contribution in [3.8, 4) is 11.5 Å². The Bertz CT molecular complexity index is 801. The van der Waals surface area contributed by atoms with Gasteiger partial charge in [-0.2, -0.15) is 0 Å². The molecule has 0 fully saturated rings. The van der Waals surface area contributed by atoms with Crippen LogP contribution in [0.15, 0.2) is 48.5 Å². The third kappa shape index (κ3) is 8.07. The molecule has 0 atom stereocenters. The van der Waals surface area contributed by atoms with Gasteiger partial charge in [0.2, 0.25) is 5.91 Å². The predicted octanol–water partition coefficient (Wildman–Crippen LogP) is 4.86. The summed E-state index contributed by atoms with van der Waals surface area (Å²) in [6, 6.07) is 12.6. The average molecular weight is 388 g/mol. The minimum Gasteiger partial charge on any atom is -0.457 e. The van der Waals surface area contributed by atoms with Crippen LogP contribution in [0.5, 0.6) is 11.5 Å². The minimum atomic E-state index is -0.550. The number of carbonyl (C=O) groups is 2. The van der Waals surface area contributed by atoms with Crippen LogP contribution in [0.25, 0.3) is 0 Å². The summed E-state index contributed by atoms with van der Waals surface area (Å²) in [5.41, 5.74) is 0.0723. The van der Waals surface area contributed by atoms with E-state index in [-0.39, 0.29) is 18.1 Å². The van der Waals surface area contributed by atoms with E-state index < -0.39 is 11.7 Å². The fraction of sp³-hybridized carbons (Fsp3) is 0.333. The number of benzene rings is 2. The van der Waals surface area contributed by atoms with Crippen LogP contribution in [0.4, 0.5) is 14.9 Å². The summed E-state index contributed by atoms with van der Waals surface area (Å²) in [4.78, 5) is 23.5. The van der Waals surface area contributed by atoms with Crippen LogP contribution < -0.4 is 15.4 Å². The zero-order valence-electron chi connectivity index (χ0n) is 16.3. The first-order valence-corrected chi connectivity index (χ1v) is 9.01. The van der Waals surface area contributed by atoms with Gasteiger partial charge in [-0.1, -0.05) is 6.07 Å². The lowest BCUT2D eigenvalue weighted by Gasteiger charge is -2.19. The Balaban J connectivity index is 1.71. The first kappa shape index (κ1) is 21.2. The van der Waals surface area contributed by atoms with Crippen molar-refractivity contribution in [1.29, 1.82) is 0 Å². The Kier molecular flexibility index (Phi) is 7.37. The molecule has 0 saturated heterocycles. The molecule has 0 heterocycles. The Labute approximate surface area is 164 Å². The molecule has 0 bridgehead atoms. The first-order valence-electron chi connectivity index (χ1n) is 9.01. The van der Waals surface area contributed by atoms with Gasteiger partial charge in [0, 0.05) is 24.7 Å². The summed E-state index contributed by atoms with van der Waals surface area (Å²) < 4.78 is 23.8. The number of hydrogen-bond donors (Lipinski definition) is 2. The van der Waals surface area contributed by atoms with E-state index in [1.165, 1.54) is 12.1 Å². The highest BCUT2D eigenvalue weighted by Gasteiger charge is 2.15. The highest BCUT2D eigenvalue weighted by Crippen LogP contribution is 2.23. The topological polar surface area (TPSA) is 76.7 Å². The van der Waals surface area contributed by atoms with Crippen molar-refractivity contribution in [2.45, 2.75) is 39.2 Å². The van der Waals surface area contributed by atoms with Crippen LogP contribution in [0, 0.1) is 5.82 Å². The molecule has 7 heteroatoms. The van der Waals surface area contributed by atoms with Gasteiger partial charge in [-0.15, -0.1) is 0 Å². The largest absolute Gasteiger partial charge is 0.457 e. The molecule has 2 rings (SSSR count). The molecule has 28 heavy (non-hydrogen) atoms. The maximum atomic E-state index is 13.2. The molecule has 0 aliphatic carbocycles. The van der Waals surface area contributed by atoms with Gasteiger partial charge < -0.3 is 20.1 Å². The number of carbonyl (C=O) groups excluding carboxylic acids is 2. The van der Waals surface area contributed by atoms with Gasteiger partial charge in [-0.3, -0.25) is 4.79 Å². The van der Waals surface area contributed by atoms with E-state index in [1.54, 1.807) is 57.2 Å². The molecular formula is C21H25FN2O4. The van der Waals surface area contributed by atoms with Crippen LogP contribution in [-0.4, -0.2) is 24.1 Å². The predicted molar refractivity (Wildman–Crippen MR) is 105 cm³/mol. The van der Waals surface area contributed by atoms with Gasteiger partial charge in [-0.05, 0) is 63.6 Å². The molecule has 0 aliphatic rings. The van der Waals surface area contributed by atoms with E-state index in [9.17, 15) is 14.0 Å². The SMILES string of the molecule is CC(C)(C)OC(=O)NCCCC(=O)Nc1ccc(Oc2cccc(F)c2)cc1. The molecule has 2 amide bonds. The molecule has 2 N–H and O–H groups in total. The molecule has 150 valence electrons. The van der Waals surface area contributed by atoms with Gasteiger partial charge >= 0.3 is 6.09 Å². The van der Waals surface area contributed by atoms with E-state index in [0.29, 0.717) is 30.2 Å². The summed E-state index contributed by atoms with van der Waals surface area (Å²) in [5, 5.41) is 5.38. The van der Waals surface area contributed by atoms with E-state index >= 15 is 0 Å². The number of alkyl carbamates (subject to hydrolysis) is 1. The Morgan fingerprint density at radius 3 is 2.39 bits per heavy atom. The van der Waals surface area contributed by atoms with Crippen molar-refractivity contribution >= 4 is 17.7 Å². The lowest BCUT2D eigenvalue weighted by atomic mass is 10.2. The zero-order chi connectivity index (χ0) is 20.6. The number of halogens is 1. The van der Waals surface area contributed by atoms with Crippen molar-refractivity contribution in [3.05, 3.63) is 54.3 Å². The molecule has 0 unspecified atom stereocenters. The lowest BCUT2D eigenvalue weighted by Crippen LogP contribution is -2.33. The quantitative estimate of drug-likeness (QED) is 0.664. The van der Waals surface area contributed by atoms with Gasteiger partial charge in [0.1, 0.15) is 22.9 Å². The Morgan fingerprint density at radius 2 is 1.75 bits per heavy atom. The van der Waals surface area contributed by atoms with Crippen molar-refractivity contribution in [1.82, 2.24) is 5.32 Å². The second-order valence-electron chi connectivity index (χ2n) is 7.16. The summed E-state index contributed by atoms with van der Waals surface area (Å²) in [5.74, 6) is 0.395. The molecule has 2 aromatic carbocycles. The number of amides is 2. The minimum absolute atomic E-state index is 0.162. The third-order valence-electron chi connectivity index (χ3n) is 3.42. The van der Waals surface area contributed by atoms with Crippen LogP contribution in [0.1, 0.15) is 33.6 Å². The van der Waals surface area contributed by atoms with Gasteiger partial charge in [0.05, 0.1) is 0 Å². The van der Waals surface area contributed by atoms with Crippen LogP contribution in [0.2, 0.25) is 0 Å². The summed E-state index contributed by atoms with van der Waals surface area (Å²) in [6.07, 6.45) is 0.255. The van der Waals surface area contributed by atoms with E-state index in [1.807, 2.05) is 0 Å². The molecule has 6 nitrogen and oxygen atoms in total. The van der Waals surface area contributed by atoms with Crippen LogP contribution in [-0.2, 0) is 9.53 Å². The molecule has 0 radical (unpaired) electrons. The fourth-order valence-corrected chi connectivity index (χ4v) is 2.25.